The first-order valence-electron chi connectivity index (χ1n) is 9.53. The number of hydrogen-bond acceptors (Lipinski definition) is 5. The Morgan fingerprint density at radius 1 is 1.21 bits per heavy atom. The Kier molecular flexibility index (Phi) is 5.00. The van der Waals surface area contributed by atoms with Crippen LogP contribution in [-0.2, 0) is 11.8 Å². The molecular formula is C21H25N5O2. The summed E-state index contributed by atoms with van der Waals surface area (Å²) in [6, 6.07) is 11.4. The van der Waals surface area contributed by atoms with Crippen LogP contribution in [0.1, 0.15) is 29.0 Å². The third-order valence-corrected chi connectivity index (χ3v) is 5.42. The molecule has 0 N–H and O–H groups in total. The predicted octanol–water partition coefficient (Wildman–Crippen LogP) is 2.64. The molecule has 2 aromatic heterocycles. The second kappa shape index (κ2) is 7.59. The number of anilines is 1. The Bertz CT molecular complexity index is 979. The normalized spacial score (nSPS) is 15.6. The molecule has 1 fully saturated rings. The van der Waals surface area contributed by atoms with E-state index in [0.717, 1.165) is 35.8 Å². The molecule has 3 heterocycles. The van der Waals surface area contributed by atoms with E-state index in [1.165, 1.54) is 0 Å². The van der Waals surface area contributed by atoms with Gasteiger partial charge in [-0.2, -0.15) is 0 Å². The molecule has 1 aromatic carbocycles. The van der Waals surface area contributed by atoms with Crippen molar-refractivity contribution in [3.05, 3.63) is 53.9 Å². The average Bonchev–Trinajstić information content (AvgIpc) is 3.09. The number of hydrogen-bond donors (Lipinski definition) is 0. The number of imidazole rings is 1. The average molecular weight is 379 g/mol. The summed E-state index contributed by atoms with van der Waals surface area (Å²) in [6.45, 7) is 5.06. The Balaban J connectivity index is 1.61. The summed E-state index contributed by atoms with van der Waals surface area (Å²) in [5.41, 5.74) is 3.34. The van der Waals surface area contributed by atoms with Crippen molar-refractivity contribution in [2.24, 2.45) is 7.05 Å². The van der Waals surface area contributed by atoms with Crippen LogP contribution in [0.3, 0.4) is 0 Å². The number of amides is 1. The molecule has 1 saturated heterocycles. The first kappa shape index (κ1) is 18.4. The lowest BCUT2D eigenvalue weighted by atomic mass is 10.1. The van der Waals surface area contributed by atoms with E-state index in [0.29, 0.717) is 18.8 Å². The molecule has 146 valence electrons. The highest BCUT2D eigenvalue weighted by molar-refractivity contribution is 5.97. The first-order chi connectivity index (χ1) is 13.6. The van der Waals surface area contributed by atoms with Gasteiger partial charge < -0.3 is 19.1 Å². The van der Waals surface area contributed by atoms with E-state index in [-0.39, 0.29) is 11.9 Å². The Hall–Kier alpha value is -2.93. The topological polar surface area (TPSA) is 63.5 Å². The molecule has 0 aliphatic carbocycles. The highest BCUT2D eigenvalue weighted by Crippen LogP contribution is 2.25. The highest BCUT2D eigenvalue weighted by Gasteiger charge is 2.22. The Labute approximate surface area is 164 Å². The van der Waals surface area contributed by atoms with Crippen LogP contribution in [-0.4, -0.2) is 58.7 Å². The van der Waals surface area contributed by atoms with Gasteiger partial charge in [-0.1, -0.05) is 6.07 Å². The van der Waals surface area contributed by atoms with E-state index in [4.69, 9.17) is 9.72 Å². The van der Waals surface area contributed by atoms with E-state index in [1.54, 1.807) is 11.1 Å². The largest absolute Gasteiger partial charge is 0.378 e. The summed E-state index contributed by atoms with van der Waals surface area (Å²) >= 11 is 0. The first-order valence-corrected chi connectivity index (χ1v) is 9.53. The van der Waals surface area contributed by atoms with Crippen molar-refractivity contribution in [2.45, 2.75) is 13.0 Å². The highest BCUT2D eigenvalue weighted by atomic mass is 16.5. The minimum Gasteiger partial charge on any atom is -0.378 e. The van der Waals surface area contributed by atoms with Crippen molar-refractivity contribution >= 4 is 22.9 Å². The minimum atomic E-state index is -0.114. The fraction of sp³-hybridized carbons (Fsp3) is 0.381. The lowest BCUT2D eigenvalue weighted by Crippen LogP contribution is -2.37. The SMILES string of the molecule is CC(c1ccccn1)N(C)C(=O)c1ccc2c(c1)nc(N1CCOCC1)n2C. The molecule has 3 aromatic rings. The number of aryl methyl sites for hydroxylation is 1. The molecule has 28 heavy (non-hydrogen) atoms. The second-order valence-corrected chi connectivity index (χ2v) is 7.12. The molecule has 0 radical (unpaired) electrons. The van der Waals surface area contributed by atoms with Crippen LogP contribution in [0.2, 0.25) is 0 Å². The van der Waals surface area contributed by atoms with Gasteiger partial charge in [-0.15, -0.1) is 0 Å². The van der Waals surface area contributed by atoms with E-state index >= 15 is 0 Å². The summed E-state index contributed by atoms with van der Waals surface area (Å²) in [5, 5.41) is 0. The molecule has 0 spiro atoms. The van der Waals surface area contributed by atoms with Crippen LogP contribution in [0.5, 0.6) is 0 Å². The van der Waals surface area contributed by atoms with E-state index < -0.39 is 0 Å². The van der Waals surface area contributed by atoms with Crippen molar-refractivity contribution in [2.75, 3.05) is 38.3 Å². The minimum absolute atomic E-state index is 0.0429. The monoisotopic (exact) mass is 379 g/mol. The zero-order valence-corrected chi connectivity index (χ0v) is 16.5. The van der Waals surface area contributed by atoms with E-state index in [1.807, 2.05) is 57.4 Å². The molecule has 1 atom stereocenters. The fourth-order valence-electron chi connectivity index (χ4n) is 3.57. The predicted molar refractivity (Wildman–Crippen MR) is 108 cm³/mol. The van der Waals surface area contributed by atoms with Gasteiger partial charge in [0, 0.05) is 38.9 Å². The zero-order chi connectivity index (χ0) is 19.7. The van der Waals surface area contributed by atoms with Crippen LogP contribution in [0.15, 0.2) is 42.6 Å². The second-order valence-electron chi connectivity index (χ2n) is 7.12. The molecule has 7 nitrogen and oxygen atoms in total. The summed E-state index contributed by atoms with van der Waals surface area (Å²) < 4.78 is 7.52. The lowest BCUT2D eigenvalue weighted by Gasteiger charge is -2.27. The van der Waals surface area contributed by atoms with Crippen LogP contribution in [0, 0.1) is 0 Å². The summed E-state index contributed by atoms with van der Waals surface area (Å²) in [5.74, 6) is 0.872. The maximum absolute atomic E-state index is 13.0. The van der Waals surface area contributed by atoms with Crippen molar-refractivity contribution in [1.29, 1.82) is 0 Å². The lowest BCUT2D eigenvalue weighted by molar-refractivity contribution is 0.0740. The molecule has 7 heteroatoms. The number of aromatic nitrogens is 3. The van der Waals surface area contributed by atoms with Gasteiger partial charge in [0.1, 0.15) is 0 Å². The van der Waals surface area contributed by atoms with Gasteiger partial charge in [0.2, 0.25) is 5.95 Å². The van der Waals surface area contributed by atoms with Crippen molar-refractivity contribution in [1.82, 2.24) is 19.4 Å². The summed E-state index contributed by atoms with van der Waals surface area (Å²) in [4.78, 5) is 26.1. The van der Waals surface area contributed by atoms with E-state index in [9.17, 15) is 4.79 Å². The van der Waals surface area contributed by atoms with Gasteiger partial charge in [0.15, 0.2) is 0 Å². The Morgan fingerprint density at radius 2 is 2.00 bits per heavy atom. The number of benzene rings is 1. The maximum Gasteiger partial charge on any atom is 0.254 e. The third-order valence-electron chi connectivity index (χ3n) is 5.42. The number of pyridine rings is 1. The zero-order valence-electron chi connectivity index (χ0n) is 16.5. The number of fused-ring (bicyclic) bond motifs is 1. The van der Waals surface area contributed by atoms with Crippen molar-refractivity contribution in [3.8, 4) is 0 Å². The van der Waals surface area contributed by atoms with Crippen LogP contribution in [0.4, 0.5) is 5.95 Å². The number of carbonyl (C=O) groups is 1. The van der Waals surface area contributed by atoms with Gasteiger partial charge in [0.25, 0.3) is 5.91 Å². The van der Waals surface area contributed by atoms with Crippen LogP contribution >= 0.6 is 0 Å². The number of nitrogens with zero attached hydrogens (tertiary/aromatic N) is 5. The van der Waals surface area contributed by atoms with Gasteiger partial charge >= 0.3 is 0 Å². The molecule has 0 saturated carbocycles. The number of rotatable bonds is 4. The third kappa shape index (κ3) is 3.33. The van der Waals surface area contributed by atoms with E-state index in [2.05, 4.69) is 14.5 Å². The maximum atomic E-state index is 13.0. The summed E-state index contributed by atoms with van der Waals surface area (Å²) in [6.07, 6.45) is 1.75. The van der Waals surface area contributed by atoms with Crippen LogP contribution in [0.25, 0.3) is 11.0 Å². The fourth-order valence-corrected chi connectivity index (χ4v) is 3.57. The van der Waals surface area contributed by atoms with Crippen molar-refractivity contribution < 1.29 is 9.53 Å². The quantitative estimate of drug-likeness (QED) is 0.697. The van der Waals surface area contributed by atoms with Crippen molar-refractivity contribution in [3.63, 3.8) is 0 Å². The van der Waals surface area contributed by atoms with Gasteiger partial charge in [-0.3, -0.25) is 9.78 Å². The molecule has 1 amide bonds. The molecule has 1 unspecified atom stereocenters. The molecule has 0 bridgehead atoms. The summed E-state index contributed by atoms with van der Waals surface area (Å²) in [7, 11) is 3.82. The number of ether oxygens (including phenoxy) is 1. The number of morpholine rings is 1. The number of carbonyl (C=O) groups excluding carboxylic acids is 1. The van der Waals surface area contributed by atoms with Gasteiger partial charge in [-0.25, -0.2) is 4.98 Å². The van der Waals surface area contributed by atoms with Crippen LogP contribution < -0.4 is 4.90 Å². The molecular weight excluding hydrogens is 354 g/mol. The molecule has 1 aliphatic rings. The Morgan fingerprint density at radius 3 is 2.71 bits per heavy atom. The smallest absolute Gasteiger partial charge is 0.254 e. The molecule has 4 rings (SSSR count). The standard InChI is InChI=1S/C21H25N5O2/c1-15(17-6-4-5-9-22-17)24(2)20(27)16-7-8-19-18(14-16)23-21(25(19)3)26-10-12-28-13-11-26/h4-9,14-15H,10-13H2,1-3H3. The van der Waals surface area contributed by atoms with Gasteiger partial charge in [-0.05, 0) is 37.3 Å². The molecule has 1 aliphatic heterocycles. The van der Waals surface area contributed by atoms with Gasteiger partial charge in [0.05, 0.1) is 36.0 Å².